The topological polar surface area (TPSA) is 102 Å². The monoisotopic (exact) mass is 671 g/mol. The zero-order valence-corrected chi connectivity index (χ0v) is 30.6. The molecule has 0 aliphatic carbocycles. The average molecular weight is 672 g/mol. The Labute approximate surface area is 286 Å². The predicted octanol–water partition coefficient (Wildman–Crippen LogP) is 8.06. The number of hydrogen-bond acceptors (Lipinski definition) is 9. The van der Waals surface area contributed by atoms with Gasteiger partial charge in [-0.15, -0.1) is 6.58 Å². The summed E-state index contributed by atoms with van der Waals surface area (Å²) in [5.41, 5.74) is 0. The third-order valence-corrected chi connectivity index (χ3v) is 8.99. The van der Waals surface area contributed by atoms with E-state index in [-0.39, 0.29) is 62.7 Å². The van der Waals surface area contributed by atoms with Gasteiger partial charge in [-0.05, 0) is 44.9 Å². The molecule has 1 aliphatic rings. The van der Waals surface area contributed by atoms with Crippen molar-refractivity contribution in [1.29, 1.82) is 0 Å². The smallest absolute Gasteiger partial charge is 0.306 e. The second-order valence-electron chi connectivity index (χ2n) is 12.8. The highest BCUT2D eigenvalue weighted by molar-refractivity contribution is 5.75. The summed E-state index contributed by atoms with van der Waals surface area (Å²) in [5, 5.41) is 1.19. The molecule has 0 saturated carbocycles. The number of hydroxylamine groups is 2. The van der Waals surface area contributed by atoms with E-state index in [0.717, 1.165) is 38.5 Å². The van der Waals surface area contributed by atoms with Crippen LogP contribution in [0.2, 0.25) is 0 Å². The highest BCUT2D eigenvalue weighted by atomic mass is 16.7. The van der Waals surface area contributed by atoms with Crippen molar-refractivity contribution in [3.8, 4) is 0 Å². The molecular formula is C37H69NO9. The molecule has 0 aromatic carbocycles. The fourth-order valence-corrected chi connectivity index (χ4v) is 6.09. The van der Waals surface area contributed by atoms with Crippen LogP contribution in [0.3, 0.4) is 0 Å². The van der Waals surface area contributed by atoms with Gasteiger partial charge in [0.25, 0.3) is 0 Å². The molecule has 1 rings (SSSR count). The number of esters is 1. The molecule has 47 heavy (non-hydrogen) atoms. The molecule has 10 nitrogen and oxygen atoms in total. The van der Waals surface area contributed by atoms with E-state index in [1.165, 1.54) is 82.8 Å². The van der Waals surface area contributed by atoms with E-state index in [9.17, 15) is 9.59 Å². The number of carbonyl (C=O) groups excluding carboxylic acids is 2. The summed E-state index contributed by atoms with van der Waals surface area (Å²) in [6.45, 7) is 6.42. The number of rotatable bonds is 32. The number of nitrogens with zero attached hydrogens (tertiary/aromatic N) is 1. The first-order chi connectivity index (χ1) is 22.9. The van der Waals surface area contributed by atoms with E-state index in [1.807, 2.05) is 6.08 Å². The molecule has 0 aromatic rings. The molecule has 0 aromatic heterocycles. The minimum Gasteiger partial charge on any atom is -0.460 e. The van der Waals surface area contributed by atoms with E-state index in [1.54, 1.807) is 21.3 Å². The number of ether oxygens (including phenoxy) is 6. The lowest BCUT2D eigenvalue weighted by molar-refractivity contribution is -0.174. The van der Waals surface area contributed by atoms with Crippen molar-refractivity contribution < 1.29 is 42.8 Å². The van der Waals surface area contributed by atoms with Gasteiger partial charge in [-0.1, -0.05) is 90.0 Å². The fourth-order valence-electron chi connectivity index (χ4n) is 6.09. The highest BCUT2D eigenvalue weighted by Crippen LogP contribution is 2.31. The Morgan fingerprint density at radius 1 is 0.766 bits per heavy atom. The third kappa shape index (κ3) is 21.2. The summed E-state index contributed by atoms with van der Waals surface area (Å²) in [6, 6.07) is 0. The lowest BCUT2D eigenvalue weighted by Gasteiger charge is -2.28. The lowest BCUT2D eigenvalue weighted by atomic mass is 10.0. The third-order valence-electron chi connectivity index (χ3n) is 8.99. The van der Waals surface area contributed by atoms with Gasteiger partial charge in [0.15, 0.2) is 0 Å². The lowest BCUT2D eigenvalue weighted by Crippen LogP contribution is -2.36. The van der Waals surface area contributed by atoms with Gasteiger partial charge in [0.2, 0.25) is 5.91 Å². The van der Waals surface area contributed by atoms with Crippen molar-refractivity contribution in [3.05, 3.63) is 12.7 Å². The van der Waals surface area contributed by atoms with Crippen LogP contribution in [0.1, 0.15) is 142 Å². The molecule has 0 bridgehead atoms. The Morgan fingerprint density at radius 3 is 1.91 bits per heavy atom. The largest absolute Gasteiger partial charge is 0.460 e. The minimum absolute atomic E-state index is 0.0933. The van der Waals surface area contributed by atoms with Crippen LogP contribution in [-0.4, -0.2) is 89.4 Å². The van der Waals surface area contributed by atoms with Gasteiger partial charge in [-0.3, -0.25) is 14.4 Å². The Balaban J connectivity index is 2.65. The number of amides is 1. The van der Waals surface area contributed by atoms with Gasteiger partial charge in [-0.2, -0.15) is 0 Å². The van der Waals surface area contributed by atoms with E-state index in [2.05, 4.69) is 13.5 Å². The number of unbranched alkanes of at least 4 members (excludes halogenated alkanes) is 11. The summed E-state index contributed by atoms with van der Waals surface area (Å²) in [5.74, 6) is -0.517. The molecule has 0 spiro atoms. The van der Waals surface area contributed by atoms with Crippen LogP contribution in [0.5, 0.6) is 0 Å². The molecule has 1 amide bonds. The predicted molar refractivity (Wildman–Crippen MR) is 185 cm³/mol. The van der Waals surface area contributed by atoms with E-state index >= 15 is 0 Å². The van der Waals surface area contributed by atoms with Gasteiger partial charge in [-0.25, -0.2) is 5.06 Å². The zero-order valence-electron chi connectivity index (χ0n) is 30.6. The molecule has 1 heterocycles. The molecule has 0 N–H and O–H groups in total. The number of hydrogen-bond donors (Lipinski definition) is 0. The van der Waals surface area contributed by atoms with Gasteiger partial charge < -0.3 is 28.4 Å². The molecule has 1 fully saturated rings. The molecule has 0 radical (unpaired) electrons. The normalized spacial score (nSPS) is 18.1. The Hall–Kier alpha value is -1.56. The van der Waals surface area contributed by atoms with Crippen LogP contribution in [0.4, 0.5) is 0 Å². The van der Waals surface area contributed by atoms with Crippen LogP contribution in [0.15, 0.2) is 12.7 Å². The van der Waals surface area contributed by atoms with Gasteiger partial charge in [0.05, 0.1) is 31.5 Å². The van der Waals surface area contributed by atoms with Crippen molar-refractivity contribution in [1.82, 2.24) is 5.06 Å². The molecular weight excluding hydrogens is 602 g/mol. The van der Waals surface area contributed by atoms with E-state index in [0.29, 0.717) is 12.8 Å². The van der Waals surface area contributed by atoms with Crippen LogP contribution in [-0.2, 0) is 42.8 Å². The maximum absolute atomic E-state index is 13.0. The molecule has 10 heteroatoms. The first-order valence-electron chi connectivity index (χ1n) is 18.4. The van der Waals surface area contributed by atoms with Crippen LogP contribution in [0.25, 0.3) is 0 Å². The van der Waals surface area contributed by atoms with Crippen LogP contribution < -0.4 is 0 Å². The molecule has 1 aliphatic heterocycles. The van der Waals surface area contributed by atoms with Crippen molar-refractivity contribution in [2.45, 2.75) is 172 Å². The SMILES string of the molecule is C=CCC[C@H](CCC(=O)O[C@H](CCC(=O)N(C)OC)[C@H]1CC[C@H]([C@H](CCCCCCCCCCCCCC)OCOC)O1)OCOC. The average Bonchev–Trinajstić information content (AvgIpc) is 3.57. The Kier molecular flexibility index (Phi) is 27.2. The number of allylic oxidation sites excluding steroid dienone is 1. The summed E-state index contributed by atoms with van der Waals surface area (Å²) in [6.07, 6.45) is 21.4. The highest BCUT2D eigenvalue weighted by Gasteiger charge is 2.38. The first kappa shape index (κ1) is 43.5. The maximum atomic E-state index is 13.0. The van der Waals surface area contributed by atoms with Crippen molar-refractivity contribution in [2.24, 2.45) is 0 Å². The molecule has 1 saturated heterocycles. The van der Waals surface area contributed by atoms with E-state index < -0.39 is 6.10 Å². The Morgan fingerprint density at radius 2 is 1.34 bits per heavy atom. The summed E-state index contributed by atoms with van der Waals surface area (Å²) < 4.78 is 34.6. The summed E-state index contributed by atoms with van der Waals surface area (Å²) in [7, 11) is 6.22. The zero-order chi connectivity index (χ0) is 34.5. The van der Waals surface area contributed by atoms with Crippen LogP contribution >= 0.6 is 0 Å². The second-order valence-corrected chi connectivity index (χ2v) is 12.8. The quantitative estimate of drug-likeness (QED) is 0.0231. The van der Waals surface area contributed by atoms with Gasteiger partial charge >= 0.3 is 5.97 Å². The Bertz CT molecular complexity index is 783. The number of methoxy groups -OCH3 is 2. The maximum Gasteiger partial charge on any atom is 0.306 e. The molecule has 5 atom stereocenters. The molecule has 276 valence electrons. The number of carbonyl (C=O) groups is 2. The summed E-state index contributed by atoms with van der Waals surface area (Å²) in [4.78, 5) is 30.6. The van der Waals surface area contributed by atoms with Crippen molar-refractivity contribution in [2.75, 3.05) is 42.0 Å². The van der Waals surface area contributed by atoms with Gasteiger partial charge in [0.1, 0.15) is 19.7 Å². The van der Waals surface area contributed by atoms with Gasteiger partial charge in [0, 0.05) is 34.1 Å². The summed E-state index contributed by atoms with van der Waals surface area (Å²) >= 11 is 0. The standard InChI is InChI=1S/C37H69NO9/c1-7-9-11-12-13-14-15-16-17-18-19-20-22-32(45-30-42-5)33-24-25-34(46-33)35(26-27-36(39)38(3)43-6)47-37(40)28-23-31(21-10-8-2)44-29-41-4/h8,31-35H,2,7,9-30H2,1,3-6H3/t31-,32+,33-,34-,35-/m1/s1. The first-order valence-corrected chi connectivity index (χ1v) is 18.4. The van der Waals surface area contributed by atoms with Crippen molar-refractivity contribution >= 4 is 11.9 Å². The van der Waals surface area contributed by atoms with Crippen LogP contribution in [0, 0.1) is 0 Å². The van der Waals surface area contributed by atoms with E-state index in [4.69, 9.17) is 33.3 Å². The molecule has 0 unspecified atom stereocenters. The fraction of sp³-hybridized carbons (Fsp3) is 0.892. The minimum atomic E-state index is -0.553. The van der Waals surface area contributed by atoms with Crippen molar-refractivity contribution in [3.63, 3.8) is 0 Å². The second kappa shape index (κ2) is 29.4.